The van der Waals surface area contributed by atoms with Gasteiger partial charge in [0.05, 0.1) is 16.1 Å². The lowest BCUT2D eigenvalue weighted by Gasteiger charge is -2.19. The van der Waals surface area contributed by atoms with Gasteiger partial charge in [-0.25, -0.2) is 0 Å². The zero-order chi connectivity index (χ0) is 15.7. The maximum Gasteiger partial charge on any atom is 0.265 e. The van der Waals surface area contributed by atoms with Crippen molar-refractivity contribution in [2.24, 2.45) is 0 Å². The fourth-order valence-electron chi connectivity index (χ4n) is 2.42. The van der Waals surface area contributed by atoms with Gasteiger partial charge in [-0.15, -0.1) is 10.2 Å². The van der Waals surface area contributed by atoms with E-state index in [9.17, 15) is 0 Å². The minimum atomic E-state index is -0.0181. The predicted octanol–water partition coefficient (Wildman–Crippen LogP) is 4.90. The molecule has 3 rings (SSSR count). The number of imidazole rings is 1. The summed E-state index contributed by atoms with van der Waals surface area (Å²) in [4.78, 5) is 3.03. The van der Waals surface area contributed by atoms with E-state index in [1.807, 2.05) is 16.7 Å². The fourth-order valence-corrected chi connectivity index (χ4v) is 3.02. The second-order valence-electron chi connectivity index (χ2n) is 4.69. The van der Waals surface area contributed by atoms with E-state index in [1.54, 1.807) is 12.3 Å². The van der Waals surface area contributed by atoms with Crippen LogP contribution in [0.1, 0.15) is 24.9 Å². The van der Waals surface area contributed by atoms with E-state index in [0.717, 1.165) is 17.7 Å². The summed E-state index contributed by atoms with van der Waals surface area (Å²) in [6, 6.07) is 5.55. The molecule has 114 valence electrons. The average Bonchev–Trinajstić information content (AvgIpc) is 3.14. The van der Waals surface area contributed by atoms with E-state index in [-0.39, 0.29) is 6.04 Å². The first-order valence-electron chi connectivity index (χ1n) is 6.63. The highest BCUT2D eigenvalue weighted by Gasteiger charge is 2.20. The monoisotopic (exact) mass is 354 g/mol. The van der Waals surface area contributed by atoms with Crippen LogP contribution in [0.15, 0.2) is 35.2 Å². The molecule has 0 radical (unpaired) electrons. The fraction of sp³-hybridized carbons (Fsp3) is 0.214. The van der Waals surface area contributed by atoms with E-state index < -0.39 is 0 Å². The number of hydrogen-bond acceptors (Lipinski definition) is 4. The molecular formula is C14H12Cl2N4OS. The van der Waals surface area contributed by atoms with Crippen LogP contribution >= 0.6 is 35.4 Å². The van der Waals surface area contributed by atoms with Crippen molar-refractivity contribution in [3.63, 3.8) is 0 Å². The highest BCUT2D eigenvalue weighted by Crippen LogP contribution is 2.32. The van der Waals surface area contributed by atoms with Gasteiger partial charge in [-0.3, -0.25) is 0 Å². The van der Waals surface area contributed by atoms with Crippen molar-refractivity contribution in [2.45, 2.75) is 19.4 Å². The molecule has 0 aliphatic heterocycles. The lowest BCUT2D eigenvalue weighted by Crippen LogP contribution is -2.11. The van der Waals surface area contributed by atoms with Crippen LogP contribution in [0.5, 0.6) is 0 Å². The van der Waals surface area contributed by atoms with Gasteiger partial charge in [-0.1, -0.05) is 36.2 Å². The Morgan fingerprint density at radius 1 is 1.36 bits per heavy atom. The molecule has 2 aromatic heterocycles. The van der Waals surface area contributed by atoms with E-state index in [2.05, 4.69) is 22.1 Å². The van der Waals surface area contributed by atoms with Gasteiger partial charge in [0.2, 0.25) is 6.39 Å². The van der Waals surface area contributed by atoms with Crippen LogP contribution in [0.4, 0.5) is 0 Å². The third-order valence-electron chi connectivity index (χ3n) is 3.42. The molecule has 0 aliphatic carbocycles. The Morgan fingerprint density at radius 3 is 2.82 bits per heavy atom. The van der Waals surface area contributed by atoms with Gasteiger partial charge in [-0.2, -0.15) is 0 Å². The third kappa shape index (κ3) is 2.69. The van der Waals surface area contributed by atoms with Crippen LogP contribution in [0.3, 0.4) is 0 Å². The molecule has 5 nitrogen and oxygen atoms in total. The first kappa shape index (κ1) is 15.3. The van der Waals surface area contributed by atoms with Crippen molar-refractivity contribution in [3.8, 4) is 11.6 Å². The molecule has 8 heteroatoms. The molecule has 0 saturated carbocycles. The van der Waals surface area contributed by atoms with Gasteiger partial charge in [0.1, 0.15) is 5.69 Å². The normalized spacial score (nSPS) is 12.5. The number of aromatic amines is 1. The minimum absolute atomic E-state index is 0.0181. The van der Waals surface area contributed by atoms with Gasteiger partial charge in [0, 0.05) is 6.20 Å². The molecule has 1 aromatic carbocycles. The number of aromatic nitrogens is 4. The lowest BCUT2D eigenvalue weighted by molar-refractivity contribution is 0.532. The van der Waals surface area contributed by atoms with Crippen LogP contribution < -0.4 is 0 Å². The smallest absolute Gasteiger partial charge is 0.265 e. The number of halogens is 2. The largest absolute Gasteiger partial charge is 0.422 e. The summed E-state index contributed by atoms with van der Waals surface area (Å²) < 4.78 is 7.81. The number of H-pyrrole nitrogens is 1. The van der Waals surface area contributed by atoms with Crippen molar-refractivity contribution in [1.29, 1.82) is 0 Å². The molecule has 1 unspecified atom stereocenters. The van der Waals surface area contributed by atoms with Crippen molar-refractivity contribution < 1.29 is 4.42 Å². The zero-order valence-electron chi connectivity index (χ0n) is 11.6. The molecule has 22 heavy (non-hydrogen) atoms. The predicted molar refractivity (Wildman–Crippen MR) is 87.8 cm³/mol. The summed E-state index contributed by atoms with van der Waals surface area (Å²) in [5.41, 5.74) is 1.74. The molecule has 0 amide bonds. The van der Waals surface area contributed by atoms with Gasteiger partial charge < -0.3 is 14.0 Å². The van der Waals surface area contributed by atoms with Crippen molar-refractivity contribution in [1.82, 2.24) is 19.7 Å². The van der Waals surface area contributed by atoms with Gasteiger partial charge in [-0.05, 0) is 36.3 Å². The number of benzene rings is 1. The van der Waals surface area contributed by atoms with Crippen molar-refractivity contribution >= 4 is 35.4 Å². The van der Waals surface area contributed by atoms with Gasteiger partial charge in [0.25, 0.3) is 5.89 Å². The summed E-state index contributed by atoms with van der Waals surface area (Å²) in [7, 11) is 0. The molecule has 2 heterocycles. The Hall–Kier alpha value is -1.63. The Labute approximate surface area is 141 Å². The standard InChI is InChI=1S/C14H12Cl2N4OS/c1-2-11(8-3-4-9(15)10(16)5-8)20-12(6-17-14(20)22)13-19-18-7-21-13/h3-7,11H,2H2,1H3,(H,17,22). The Morgan fingerprint density at radius 2 is 2.18 bits per heavy atom. The zero-order valence-corrected chi connectivity index (χ0v) is 13.9. The number of hydrogen-bond donors (Lipinski definition) is 1. The van der Waals surface area contributed by atoms with Gasteiger partial charge >= 0.3 is 0 Å². The maximum absolute atomic E-state index is 6.14. The highest BCUT2D eigenvalue weighted by molar-refractivity contribution is 7.71. The summed E-state index contributed by atoms with van der Waals surface area (Å²) >= 11 is 17.5. The highest BCUT2D eigenvalue weighted by atomic mass is 35.5. The summed E-state index contributed by atoms with van der Waals surface area (Å²) in [5, 5.41) is 8.70. The number of rotatable bonds is 4. The van der Waals surface area contributed by atoms with Crippen molar-refractivity contribution in [3.05, 3.63) is 51.2 Å². The summed E-state index contributed by atoms with van der Waals surface area (Å²) in [6.45, 7) is 2.07. The number of nitrogens with zero attached hydrogens (tertiary/aromatic N) is 3. The maximum atomic E-state index is 6.14. The molecule has 0 spiro atoms. The number of nitrogens with one attached hydrogen (secondary N) is 1. The minimum Gasteiger partial charge on any atom is -0.422 e. The SMILES string of the molecule is CCC(c1ccc(Cl)c(Cl)c1)n1c(-c2nnco2)c[nH]c1=S. The molecule has 0 aliphatic rings. The molecular weight excluding hydrogens is 343 g/mol. The van der Waals surface area contributed by atoms with Crippen LogP contribution in [0.2, 0.25) is 10.0 Å². The van der Waals surface area contributed by atoms with E-state index in [0.29, 0.717) is 20.7 Å². The quantitative estimate of drug-likeness (QED) is 0.676. The third-order valence-corrected chi connectivity index (χ3v) is 4.47. The molecule has 0 saturated heterocycles. The van der Waals surface area contributed by atoms with Crippen LogP contribution in [0.25, 0.3) is 11.6 Å². The average molecular weight is 355 g/mol. The van der Waals surface area contributed by atoms with Crippen LogP contribution in [0, 0.1) is 4.77 Å². The molecule has 1 N–H and O–H groups in total. The van der Waals surface area contributed by atoms with Crippen LogP contribution in [-0.4, -0.2) is 19.7 Å². The summed E-state index contributed by atoms with van der Waals surface area (Å²) in [5.74, 6) is 0.408. The molecule has 0 fully saturated rings. The van der Waals surface area contributed by atoms with Crippen molar-refractivity contribution in [2.75, 3.05) is 0 Å². The lowest BCUT2D eigenvalue weighted by atomic mass is 10.0. The second kappa shape index (κ2) is 6.24. The topological polar surface area (TPSA) is 59.6 Å². The van der Waals surface area contributed by atoms with Gasteiger partial charge in [0.15, 0.2) is 4.77 Å². The first-order valence-corrected chi connectivity index (χ1v) is 7.79. The van der Waals surface area contributed by atoms with Crippen LogP contribution in [-0.2, 0) is 0 Å². The molecule has 1 atom stereocenters. The molecule has 0 bridgehead atoms. The van der Waals surface area contributed by atoms with E-state index in [1.165, 1.54) is 6.39 Å². The summed E-state index contributed by atoms with van der Waals surface area (Å²) in [6.07, 6.45) is 3.86. The first-order chi connectivity index (χ1) is 10.6. The molecule has 3 aromatic rings. The Bertz CT molecular complexity index is 841. The Kier molecular flexibility index (Phi) is 4.33. The van der Waals surface area contributed by atoms with E-state index >= 15 is 0 Å². The van der Waals surface area contributed by atoms with E-state index in [4.69, 9.17) is 39.8 Å². The second-order valence-corrected chi connectivity index (χ2v) is 5.89. The Balaban J connectivity index is 2.13.